The molecule has 0 atom stereocenters. The third-order valence-corrected chi connectivity index (χ3v) is 2.08. The van der Waals surface area contributed by atoms with Gasteiger partial charge in [-0.25, -0.2) is 4.79 Å². The SMILES string of the molecule is O=C(O)c1ccccc1.O=Cc1ccccc1O. The Morgan fingerprint density at radius 3 is 1.89 bits per heavy atom. The van der Waals surface area contributed by atoms with Crippen molar-refractivity contribution in [1.29, 1.82) is 0 Å². The number of carboxylic acids is 1. The van der Waals surface area contributed by atoms with Crippen molar-refractivity contribution >= 4 is 12.3 Å². The Hall–Kier alpha value is -2.62. The molecular formula is C14H12O4. The highest BCUT2D eigenvalue weighted by atomic mass is 16.4. The predicted molar refractivity (Wildman–Crippen MR) is 66.9 cm³/mol. The lowest BCUT2D eigenvalue weighted by atomic mass is 10.2. The van der Waals surface area contributed by atoms with Crippen LogP contribution < -0.4 is 0 Å². The summed E-state index contributed by atoms with van der Waals surface area (Å²) in [4.78, 5) is 20.3. The van der Waals surface area contributed by atoms with E-state index in [1.165, 1.54) is 6.07 Å². The van der Waals surface area contributed by atoms with Crippen LogP contribution in [-0.2, 0) is 0 Å². The largest absolute Gasteiger partial charge is 0.507 e. The number of carbonyl (C=O) groups excluding carboxylic acids is 1. The van der Waals surface area contributed by atoms with E-state index < -0.39 is 5.97 Å². The van der Waals surface area contributed by atoms with Crippen LogP contribution in [-0.4, -0.2) is 22.5 Å². The summed E-state index contributed by atoms with van der Waals surface area (Å²) >= 11 is 0. The summed E-state index contributed by atoms with van der Waals surface area (Å²) in [5, 5.41) is 17.3. The fourth-order valence-electron chi connectivity index (χ4n) is 1.17. The Labute approximate surface area is 104 Å². The second-order valence-electron chi connectivity index (χ2n) is 3.35. The first-order chi connectivity index (χ1) is 8.65. The number of aromatic carboxylic acids is 1. The van der Waals surface area contributed by atoms with E-state index in [2.05, 4.69) is 0 Å². The smallest absolute Gasteiger partial charge is 0.335 e. The predicted octanol–water partition coefficient (Wildman–Crippen LogP) is 2.59. The molecule has 0 fully saturated rings. The van der Waals surface area contributed by atoms with Crippen LogP contribution in [0.15, 0.2) is 54.6 Å². The number of aromatic hydroxyl groups is 1. The lowest BCUT2D eigenvalue weighted by Crippen LogP contribution is -1.93. The average Bonchev–Trinajstić information content (AvgIpc) is 2.41. The van der Waals surface area contributed by atoms with Gasteiger partial charge in [0.05, 0.1) is 11.1 Å². The number of para-hydroxylation sites is 1. The summed E-state index contributed by atoms with van der Waals surface area (Å²) < 4.78 is 0. The molecule has 0 aliphatic heterocycles. The van der Waals surface area contributed by atoms with E-state index in [9.17, 15) is 9.59 Å². The van der Waals surface area contributed by atoms with Crippen LogP contribution in [0.3, 0.4) is 0 Å². The molecule has 0 radical (unpaired) electrons. The molecule has 0 aliphatic rings. The van der Waals surface area contributed by atoms with Gasteiger partial charge in [0.15, 0.2) is 6.29 Å². The van der Waals surface area contributed by atoms with E-state index in [0.29, 0.717) is 17.4 Å². The van der Waals surface area contributed by atoms with E-state index in [4.69, 9.17) is 10.2 Å². The highest BCUT2D eigenvalue weighted by Gasteiger charge is 1.96. The van der Waals surface area contributed by atoms with Gasteiger partial charge in [0.1, 0.15) is 5.75 Å². The number of carbonyl (C=O) groups is 2. The Morgan fingerprint density at radius 1 is 0.944 bits per heavy atom. The summed E-state index contributed by atoms with van der Waals surface area (Å²) in [5.41, 5.74) is 0.662. The maximum Gasteiger partial charge on any atom is 0.335 e. The molecule has 0 spiro atoms. The monoisotopic (exact) mass is 244 g/mol. The van der Waals surface area contributed by atoms with Gasteiger partial charge in [0.25, 0.3) is 0 Å². The lowest BCUT2D eigenvalue weighted by Gasteiger charge is -1.91. The zero-order valence-corrected chi connectivity index (χ0v) is 9.48. The van der Waals surface area contributed by atoms with Crippen molar-refractivity contribution in [3.63, 3.8) is 0 Å². The summed E-state index contributed by atoms with van der Waals surface area (Å²) in [7, 11) is 0. The number of carboxylic acid groups (broad SMARTS) is 1. The highest BCUT2D eigenvalue weighted by Crippen LogP contribution is 2.11. The number of hydrogen-bond donors (Lipinski definition) is 2. The van der Waals surface area contributed by atoms with E-state index in [1.807, 2.05) is 0 Å². The summed E-state index contributed by atoms with van der Waals surface area (Å²) in [6.45, 7) is 0. The van der Waals surface area contributed by atoms with Crippen LogP contribution in [0.25, 0.3) is 0 Å². The second kappa shape index (κ2) is 6.85. The Kier molecular flexibility index (Phi) is 5.12. The van der Waals surface area contributed by atoms with Gasteiger partial charge in [0, 0.05) is 0 Å². The zero-order chi connectivity index (χ0) is 13.4. The molecule has 0 aliphatic carbocycles. The van der Waals surface area contributed by atoms with Crippen molar-refractivity contribution < 1.29 is 19.8 Å². The number of benzene rings is 2. The summed E-state index contributed by atoms with van der Waals surface area (Å²) in [6, 6.07) is 14.7. The van der Waals surface area contributed by atoms with E-state index in [1.54, 1.807) is 48.5 Å². The van der Waals surface area contributed by atoms with E-state index in [-0.39, 0.29) is 5.75 Å². The van der Waals surface area contributed by atoms with Gasteiger partial charge in [-0.15, -0.1) is 0 Å². The Bertz CT molecular complexity index is 520. The first-order valence-electron chi connectivity index (χ1n) is 5.16. The molecule has 4 heteroatoms. The molecule has 2 N–H and O–H groups in total. The molecule has 0 bridgehead atoms. The standard InChI is InChI=1S/2C7H6O2/c8-5-6-3-1-2-4-7(6)9;8-7(9)6-4-2-1-3-5-6/h1-5,9H;1-5H,(H,8,9). The number of aldehydes is 1. The third kappa shape index (κ3) is 4.09. The van der Waals surface area contributed by atoms with Crippen molar-refractivity contribution in [2.45, 2.75) is 0 Å². The summed E-state index contributed by atoms with van der Waals surface area (Å²) in [5.74, 6) is -0.844. The van der Waals surface area contributed by atoms with Gasteiger partial charge >= 0.3 is 5.97 Å². The van der Waals surface area contributed by atoms with E-state index in [0.717, 1.165) is 0 Å². The molecule has 2 rings (SSSR count). The van der Waals surface area contributed by atoms with Crippen molar-refractivity contribution in [1.82, 2.24) is 0 Å². The van der Waals surface area contributed by atoms with Crippen LogP contribution in [0.4, 0.5) is 0 Å². The molecule has 0 saturated heterocycles. The van der Waals surface area contributed by atoms with Crippen molar-refractivity contribution in [3.05, 3.63) is 65.7 Å². The number of hydrogen-bond acceptors (Lipinski definition) is 3. The van der Waals surface area contributed by atoms with Crippen LogP contribution in [0.1, 0.15) is 20.7 Å². The first-order valence-corrected chi connectivity index (χ1v) is 5.16. The molecule has 0 unspecified atom stereocenters. The molecule has 0 heterocycles. The maximum atomic E-state index is 10.2. The molecule has 2 aromatic carbocycles. The van der Waals surface area contributed by atoms with Crippen LogP contribution >= 0.6 is 0 Å². The quantitative estimate of drug-likeness (QED) is 0.796. The molecule has 0 aromatic heterocycles. The van der Waals surface area contributed by atoms with Gasteiger partial charge in [-0.2, -0.15) is 0 Å². The third-order valence-electron chi connectivity index (χ3n) is 2.08. The molecule has 0 saturated carbocycles. The Morgan fingerprint density at radius 2 is 1.50 bits per heavy atom. The van der Waals surface area contributed by atoms with Gasteiger partial charge in [-0.1, -0.05) is 30.3 Å². The highest BCUT2D eigenvalue weighted by molar-refractivity contribution is 5.87. The fraction of sp³-hybridized carbons (Fsp3) is 0. The number of rotatable bonds is 2. The average molecular weight is 244 g/mol. The number of phenols is 1. The van der Waals surface area contributed by atoms with Crippen molar-refractivity contribution in [2.75, 3.05) is 0 Å². The minimum Gasteiger partial charge on any atom is -0.507 e. The number of phenolic OH excluding ortho intramolecular Hbond substituents is 1. The molecule has 2 aromatic rings. The van der Waals surface area contributed by atoms with Gasteiger partial charge in [0.2, 0.25) is 0 Å². The molecule has 18 heavy (non-hydrogen) atoms. The van der Waals surface area contributed by atoms with E-state index >= 15 is 0 Å². The minimum absolute atomic E-state index is 0.0347. The van der Waals surface area contributed by atoms with Gasteiger partial charge < -0.3 is 10.2 Å². The maximum absolute atomic E-state index is 10.2. The first kappa shape index (κ1) is 13.4. The normalized spacial score (nSPS) is 8.89. The molecule has 0 amide bonds. The minimum atomic E-state index is -0.879. The van der Waals surface area contributed by atoms with Crippen molar-refractivity contribution in [3.8, 4) is 5.75 Å². The molecular weight excluding hydrogens is 232 g/mol. The van der Waals surface area contributed by atoms with Crippen molar-refractivity contribution in [2.24, 2.45) is 0 Å². The summed E-state index contributed by atoms with van der Waals surface area (Å²) in [6.07, 6.45) is 0.620. The van der Waals surface area contributed by atoms with Crippen LogP contribution in [0.2, 0.25) is 0 Å². The second-order valence-corrected chi connectivity index (χ2v) is 3.35. The van der Waals surface area contributed by atoms with Crippen LogP contribution in [0, 0.1) is 0 Å². The Balaban J connectivity index is 0.000000180. The molecule has 4 nitrogen and oxygen atoms in total. The van der Waals surface area contributed by atoms with Gasteiger partial charge in [-0.3, -0.25) is 4.79 Å². The van der Waals surface area contributed by atoms with Gasteiger partial charge in [-0.05, 0) is 24.3 Å². The fourth-order valence-corrected chi connectivity index (χ4v) is 1.17. The lowest BCUT2D eigenvalue weighted by molar-refractivity contribution is 0.0696. The zero-order valence-electron chi connectivity index (χ0n) is 9.48. The topological polar surface area (TPSA) is 74.6 Å². The van der Waals surface area contributed by atoms with Crippen LogP contribution in [0.5, 0.6) is 5.75 Å². The molecule has 92 valence electrons.